The predicted octanol–water partition coefficient (Wildman–Crippen LogP) is 3.23. The van der Waals surface area contributed by atoms with Crippen LogP contribution >= 0.6 is 23.1 Å². The second-order valence-corrected chi connectivity index (χ2v) is 8.00. The topological polar surface area (TPSA) is 84.0 Å². The molecule has 0 aliphatic carbocycles. The van der Waals surface area contributed by atoms with Gasteiger partial charge in [-0.15, -0.1) is 11.3 Å². The van der Waals surface area contributed by atoms with E-state index in [9.17, 15) is 14.0 Å². The number of rotatable bonds is 7. The van der Waals surface area contributed by atoms with E-state index in [2.05, 4.69) is 20.6 Å². The Bertz CT molecular complexity index is 991. The SMILES string of the molecule is CCNC(=O)[C@@H](C)NC(=O)CSc1ncnc2cc(-c3ccc(F)cc3)sc12. The van der Waals surface area contributed by atoms with Crippen LogP contribution in [0.5, 0.6) is 0 Å². The van der Waals surface area contributed by atoms with Crippen LogP contribution in [0.4, 0.5) is 4.39 Å². The normalized spacial score (nSPS) is 12.0. The van der Waals surface area contributed by atoms with Gasteiger partial charge in [-0.2, -0.15) is 0 Å². The number of hydrogen-bond donors (Lipinski definition) is 2. The number of carbonyl (C=O) groups is 2. The maximum atomic E-state index is 13.1. The minimum Gasteiger partial charge on any atom is -0.355 e. The first kappa shape index (κ1) is 20.2. The lowest BCUT2D eigenvalue weighted by atomic mass is 10.2. The van der Waals surface area contributed by atoms with Crippen molar-refractivity contribution >= 4 is 45.1 Å². The Morgan fingerprint density at radius 1 is 1.25 bits per heavy atom. The van der Waals surface area contributed by atoms with Gasteiger partial charge in [0, 0.05) is 11.4 Å². The largest absolute Gasteiger partial charge is 0.355 e. The van der Waals surface area contributed by atoms with Gasteiger partial charge < -0.3 is 10.6 Å². The average molecular weight is 419 g/mol. The second kappa shape index (κ2) is 9.11. The Morgan fingerprint density at radius 2 is 2.00 bits per heavy atom. The molecule has 0 saturated heterocycles. The summed E-state index contributed by atoms with van der Waals surface area (Å²) in [4.78, 5) is 33.4. The zero-order chi connectivity index (χ0) is 20.1. The minimum absolute atomic E-state index is 0.139. The second-order valence-electron chi connectivity index (χ2n) is 5.98. The predicted molar refractivity (Wildman–Crippen MR) is 110 cm³/mol. The number of amides is 2. The molecule has 3 aromatic rings. The molecule has 2 heterocycles. The van der Waals surface area contributed by atoms with Crippen molar-refractivity contribution in [3.05, 3.63) is 42.5 Å². The number of nitrogens with one attached hydrogen (secondary N) is 2. The summed E-state index contributed by atoms with van der Waals surface area (Å²) in [5.41, 5.74) is 1.67. The number of halogens is 1. The summed E-state index contributed by atoms with van der Waals surface area (Å²) in [6.45, 7) is 3.98. The summed E-state index contributed by atoms with van der Waals surface area (Å²) >= 11 is 2.79. The van der Waals surface area contributed by atoms with E-state index >= 15 is 0 Å². The maximum Gasteiger partial charge on any atom is 0.242 e. The number of fused-ring (bicyclic) bond motifs is 1. The number of aromatic nitrogens is 2. The third-order valence-electron chi connectivity index (χ3n) is 3.87. The van der Waals surface area contributed by atoms with E-state index in [0.717, 1.165) is 20.7 Å². The molecular weight excluding hydrogens is 399 g/mol. The van der Waals surface area contributed by atoms with E-state index < -0.39 is 6.04 Å². The van der Waals surface area contributed by atoms with Crippen LogP contribution in [0.15, 0.2) is 41.7 Å². The molecule has 2 N–H and O–H groups in total. The van der Waals surface area contributed by atoms with Crippen LogP contribution in [-0.4, -0.2) is 40.1 Å². The first-order valence-electron chi connectivity index (χ1n) is 8.68. The number of nitrogens with zero attached hydrogens (tertiary/aromatic N) is 2. The summed E-state index contributed by atoms with van der Waals surface area (Å²) in [7, 11) is 0. The lowest BCUT2D eigenvalue weighted by Gasteiger charge is -2.13. The molecule has 2 amide bonds. The maximum absolute atomic E-state index is 13.1. The molecule has 0 bridgehead atoms. The number of thiophene rings is 1. The van der Waals surface area contributed by atoms with Crippen molar-refractivity contribution < 1.29 is 14.0 Å². The first-order valence-corrected chi connectivity index (χ1v) is 10.5. The number of thioether (sulfide) groups is 1. The zero-order valence-electron chi connectivity index (χ0n) is 15.4. The fourth-order valence-electron chi connectivity index (χ4n) is 2.50. The van der Waals surface area contributed by atoms with Crippen LogP contribution in [0.2, 0.25) is 0 Å². The quantitative estimate of drug-likeness (QED) is 0.455. The molecule has 28 heavy (non-hydrogen) atoms. The fourth-order valence-corrected chi connectivity index (χ4v) is 4.51. The monoisotopic (exact) mass is 418 g/mol. The van der Waals surface area contributed by atoms with Crippen LogP contribution in [0.1, 0.15) is 13.8 Å². The van der Waals surface area contributed by atoms with E-state index in [4.69, 9.17) is 0 Å². The molecule has 1 aromatic carbocycles. The van der Waals surface area contributed by atoms with Crippen LogP contribution < -0.4 is 10.6 Å². The molecule has 0 spiro atoms. The van der Waals surface area contributed by atoms with Gasteiger partial charge in [0.1, 0.15) is 23.2 Å². The molecule has 1 atom stereocenters. The number of hydrogen-bond acceptors (Lipinski definition) is 6. The molecule has 9 heteroatoms. The van der Waals surface area contributed by atoms with Crippen molar-refractivity contribution in [3.63, 3.8) is 0 Å². The van der Waals surface area contributed by atoms with Crippen LogP contribution in [0.25, 0.3) is 20.7 Å². The van der Waals surface area contributed by atoms with Gasteiger partial charge >= 0.3 is 0 Å². The van der Waals surface area contributed by atoms with Crippen molar-refractivity contribution in [3.8, 4) is 10.4 Å². The Labute approximate surface area is 170 Å². The number of carbonyl (C=O) groups excluding carboxylic acids is 2. The van der Waals surface area contributed by atoms with Gasteiger partial charge in [0.25, 0.3) is 0 Å². The van der Waals surface area contributed by atoms with Gasteiger partial charge in [-0.05, 0) is 37.6 Å². The van der Waals surface area contributed by atoms with Crippen LogP contribution in [0.3, 0.4) is 0 Å². The molecule has 0 fully saturated rings. The third-order valence-corrected chi connectivity index (χ3v) is 6.17. The van der Waals surface area contributed by atoms with Crippen LogP contribution in [-0.2, 0) is 9.59 Å². The van der Waals surface area contributed by atoms with Gasteiger partial charge in [-0.25, -0.2) is 14.4 Å². The summed E-state index contributed by atoms with van der Waals surface area (Å²) in [5.74, 6) is -0.605. The molecule has 2 aromatic heterocycles. The summed E-state index contributed by atoms with van der Waals surface area (Å²) in [5, 5.41) is 6.04. The molecule has 146 valence electrons. The molecule has 6 nitrogen and oxygen atoms in total. The molecule has 0 saturated carbocycles. The van der Waals surface area contributed by atoms with Crippen molar-refractivity contribution in [1.82, 2.24) is 20.6 Å². The van der Waals surface area contributed by atoms with Gasteiger partial charge in [0.2, 0.25) is 11.8 Å². The van der Waals surface area contributed by atoms with Crippen molar-refractivity contribution in [2.75, 3.05) is 12.3 Å². The highest BCUT2D eigenvalue weighted by Gasteiger charge is 2.16. The van der Waals surface area contributed by atoms with Gasteiger partial charge in [-0.1, -0.05) is 23.9 Å². The summed E-state index contributed by atoms with van der Waals surface area (Å²) in [6.07, 6.45) is 1.46. The third kappa shape index (κ3) is 4.85. The molecule has 0 unspecified atom stereocenters. The van der Waals surface area contributed by atoms with E-state index in [1.807, 2.05) is 13.0 Å². The van der Waals surface area contributed by atoms with E-state index in [1.54, 1.807) is 19.1 Å². The summed E-state index contributed by atoms with van der Waals surface area (Å²) < 4.78 is 14.0. The average Bonchev–Trinajstić information content (AvgIpc) is 3.12. The zero-order valence-corrected chi connectivity index (χ0v) is 17.0. The standard InChI is InChI=1S/C19H19FN4O2S2/c1-3-21-18(26)11(2)24-16(25)9-27-19-17-14(22-10-23-19)8-15(28-17)12-4-6-13(20)7-5-12/h4-8,10-11H,3,9H2,1-2H3,(H,21,26)(H,24,25)/t11-/m1/s1. The van der Waals surface area contributed by atoms with E-state index in [-0.39, 0.29) is 23.4 Å². The molecule has 0 aliphatic heterocycles. The smallest absolute Gasteiger partial charge is 0.242 e. The highest BCUT2D eigenvalue weighted by molar-refractivity contribution is 8.00. The first-order chi connectivity index (χ1) is 13.5. The van der Waals surface area contributed by atoms with E-state index in [1.165, 1.54) is 41.6 Å². The highest BCUT2D eigenvalue weighted by atomic mass is 32.2. The number of likely N-dealkylation sites (N-methyl/N-ethyl adjacent to an activating group) is 1. The lowest BCUT2D eigenvalue weighted by Crippen LogP contribution is -2.45. The summed E-state index contributed by atoms with van der Waals surface area (Å²) in [6, 6.07) is 7.61. The molecule has 3 rings (SSSR count). The van der Waals surface area contributed by atoms with Crippen molar-refractivity contribution in [1.29, 1.82) is 0 Å². The van der Waals surface area contributed by atoms with E-state index in [0.29, 0.717) is 11.6 Å². The van der Waals surface area contributed by atoms with Crippen molar-refractivity contribution in [2.45, 2.75) is 24.9 Å². The minimum atomic E-state index is -0.592. The highest BCUT2D eigenvalue weighted by Crippen LogP contribution is 2.36. The molecule has 0 aliphatic rings. The van der Waals surface area contributed by atoms with Crippen molar-refractivity contribution in [2.24, 2.45) is 0 Å². The van der Waals surface area contributed by atoms with Crippen LogP contribution in [0, 0.1) is 5.82 Å². The fraction of sp³-hybridized carbons (Fsp3) is 0.263. The van der Waals surface area contributed by atoms with Gasteiger partial charge in [0.15, 0.2) is 0 Å². The Hall–Kier alpha value is -2.52. The lowest BCUT2D eigenvalue weighted by molar-refractivity contribution is -0.127. The Kier molecular flexibility index (Phi) is 6.58. The molecule has 0 radical (unpaired) electrons. The Morgan fingerprint density at radius 3 is 2.71 bits per heavy atom. The van der Waals surface area contributed by atoms with Gasteiger partial charge in [-0.3, -0.25) is 9.59 Å². The number of benzene rings is 1. The Balaban J connectivity index is 1.70. The van der Waals surface area contributed by atoms with Gasteiger partial charge in [0.05, 0.1) is 16.0 Å². The molecular formula is C19H19FN4O2S2.